The maximum atomic E-state index is 10.8. The zero-order valence-corrected chi connectivity index (χ0v) is 51.4. The third kappa shape index (κ3) is 9.90. The first-order valence-corrected chi connectivity index (χ1v) is 31.3. The van der Waals surface area contributed by atoms with Crippen molar-refractivity contribution in [2.75, 3.05) is 0 Å². The van der Waals surface area contributed by atoms with E-state index in [0.29, 0.717) is 23.0 Å². The molecule has 92 heavy (non-hydrogen) atoms. The van der Waals surface area contributed by atoms with Crippen LogP contribution >= 0.6 is 0 Å². The Kier molecular flexibility index (Phi) is 13.7. The van der Waals surface area contributed by atoms with E-state index in [2.05, 4.69) is 273 Å². The average molecular weight is 1180 g/mol. The number of aromatic nitrogens is 5. The monoisotopic (exact) mass is 1180 g/mol. The van der Waals surface area contributed by atoms with E-state index in [-0.39, 0.29) is 0 Å². The van der Waals surface area contributed by atoms with E-state index in [1.807, 2.05) is 60.7 Å². The summed E-state index contributed by atoms with van der Waals surface area (Å²) in [6.07, 6.45) is 0. The Morgan fingerprint density at radius 2 is 0.609 bits per heavy atom. The molecule has 0 aliphatic rings. The first-order chi connectivity index (χ1) is 45.2. The molecule has 3 aromatic heterocycles. The Morgan fingerprint density at radius 1 is 0.261 bits per heavy atom. The molecule has 0 fully saturated rings. The predicted octanol–water partition coefficient (Wildman–Crippen LogP) is 22.2. The van der Waals surface area contributed by atoms with Crippen LogP contribution in [-0.2, 0) is 0 Å². The van der Waals surface area contributed by atoms with Crippen molar-refractivity contribution in [2.45, 2.75) is 27.7 Å². The van der Waals surface area contributed by atoms with E-state index >= 15 is 0 Å². The smallest absolute Gasteiger partial charge is 0.166 e. The van der Waals surface area contributed by atoms with Crippen molar-refractivity contribution in [3.05, 3.63) is 319 Å². The lowest BCUT2D eigenvalue weighted by Gasteiger charge is -2.22. The number of hydrogen-bond donors (Lipinski definition) is 0. The molecule has 0 amide bonds. The van der Waals surface area contributed by atoms with E-state index < -0.39 is 0 Å². The van der Waals surface area contributed by atoms with E-state index in [4.69, 9.17) is 15.0 Å². The molecule has 0 N–H and O–H groups in total. The summed E-state index contributed by atoms with van der Waals surface area (Å²) in [5.41, 5.74) is 26.7. The van der Waals surface area contributed by atoms with E-state index in [9.17, 15) is 5.26 Å². The number of aryl methyl sites for hydroxylation is 4. The molecular weight excluding hydrogens is 1120 g/mol. The molecule has 0 unspecified atom stereocenters. The fourth-order valence-corrected chi connectivity index (χ4v) is 13.3. The molecule has 0 aliphatic carbocycles. The lowest BCUT2D eigenvalue weighted by molar-refractivity contribution is 1.06. The van der Waals surface area contributed by atoms with E-state index in [1.54, 1.807) is 0 Å². The van der Waals surface area contributed by atoms with Gasteiger partial charge in [0.25, 0.3) is 0 Å². The number of nitriles is 1. The molecule has 434 valence electrons. The summed E-state index contributed by atoms with van der Waals surface area (Å²) >= 11 is 0. The fraction of sp³-hybridized carbons (Fsp3) is 0.0465. The van der Waals surface area contributed by atoms with Gasteiger partial charge >= 0.3 is 0 Å². The van der Waals surface area contributed by atoms with Gasteiger partial charge in [0, 0.05) is 38.2 Å². The third-order valence-corrected chi connectivity index (χ3v) is 18.2. The first-order valence-electron chi connectivity index (χ1n) is 31.3. The van der Waals surface area contributed by atoms with Crippen molar-refractivity contribution >= 4 is 43.6 Å². The Bertz CT molecular complexity index is 5310. The van der Waals surface area contributed by atoms with Gasteiger partial charge in [-0.25, -0.2) is 15.0 Å². The van der Waals surface area contributed by atoms with Gasteiger partial charge in [0.05, 0.1) is 50.6 Å². The minimum Gasteiger partial charge on any atom is -0.309 e. The molecule has 16 aromatic rings. The molecule has 0 atom stereocenters. The minimum atomic E-state index is 0.507. The highest BCUT2D eigenvalue weighted by atomic mass is 15.1. The van der Waals surface area contributed by atoms with E-state index in [1.165, 1.54) is 22.3 Å². The summed E-state index contributed by atoms with van der Waals surface area (Å²) in [7, 11) is 0. The van der Waals surface area contributed by atoms with Gasteiger partial charge in [0.2, 0.25) is 0 Å². The Hall–Kier alpha value is -12.0. The third-order valence-electron chi connectivity index (χ3n) is 18.2. The van der Waals surface area contributed by atoms with Gasteiger partial charge in [-0.05, 0) is 162 Å². The van der Waals surface area contributed by atoms with Crippen molar-refractivity contribution in [3.8, 4) is 118 Å². The molecule has 0 saturated heterocycles. The topological polar surface area (TPSA) is 72.3 Å². The SMILES string of the molecule is Cc1ccc(-c2ccc3c(c2)c2cc(-c4ccc(C)cc4)ccc2n3-c2ccc(-c3ccccc3C#N)cc2-c2cccc(-n3c4ccc(-c5ccc(C)cc5)cc4c4cc(-c5ccc(C)cc5)ccc43)c2-c2nc(-c3ccccc3)nc(-c3ccccc3)n2)cc1. The summed E-state index contributed by atoms with van der Waals surface area (Å²) < 4.78 is 4.86. The fourth-order valence-electron chi connectivity index (χ4n) is 13.3. The van der Waals surface area contributed by atoms with Crippen LogP contribution in [-0.4, -0.2) is 24.1 Å². The quantitative estimate of drug-likeness (QED) is 0.129. The molecular formula is C86H60N6. The Labute approximate surface area is 535 Å². The minimum absolute atomic E-state index is 0.507. The molecule has 0 spiro atoms. The van der Waals surface area contributed by atoms with Gasteiger partial charge in [0.1, 0.15) is 0 Å². The number of benzene rings is 13. The molecule has 0 bridgehead atoms. The van der Waals surface area contributed by atoms with E-state index in [0.717, 1.165) is 138 Å². The second-order valence-corrected chi connectivity index (χ2v) is 24.2. The summed E-state index contributed by atoms with van der Waals surface area (Å²) in [6.45, 7) is 8.53. The molecule has 13 aromatic carbocycles. The van der Waals surface area contributed by atoms with Crippen LogP contribution in [0.5, 0.6) is 0 Å². The summed E-state index contributed by atoms with van der Waals surface area (Å²) in [4.78, 5) is 16.6. The summed E-state index contributed by atoms with van der Waals surface area (Å²) in [5, 5.41) is 15.3. The van der Waals surface area contributed by atoms with Crippen LogP contribution in [0.25, 0.3) is 156 Å². The second kappa shape index (κ2) is 22.8. The average Bonchev–Trinajstić information content (AvgIpc) is 1.54. The van der Waals surface area contributed by atoms with Gasteiger partial charge in [-0.2, -0.15) is 5.26 Å². The van der Waals surface area contributed by atoms with Crippen LogP contribution in [0.2, 0.25) is 0 Å². The molecule has 6 nitrogen and oxygen atoms in total. The van der Waals surface area contributed by atoms with Crippen LogP contribution in [0.1, 0.15) is 27.8 Å². The van der Waals surface area contributed by atoms with Crippen LogP contribution in [0, 0.1) is 39.0 Å². The molecule has 3 heterocycles. The molecule has 0 aliphatic heterocycles. The van der Waals surface area contributed by atoms with Crippen molar-refractivity contribution in [3.63, 3.8) is 0 Å². The highest BCUT2D eigenvalue weighted by molar-refractivity contribution is 6.14. The van der Waals surface area contributed by atoms with Gasteiger partial charge in [-0.15, -0.1) is 0 Å². The standard InChI is InChI=1S/C86H60N6/c1-54-22-30-58(31-23-54)64-38-43-78-73(48-64)74-49-65(59-32-24-55(2)25-33-59)39-44-79(74)91(78)77-47-42-68(70-19-12-11-18-69(70)53-87)52-72(77)71-20-13-21-82(83(71)86-89-84(62-14-7-5-8-15-62)88-85(90-86)63-16-9-6-10-17-63)92-80-45-40-66(60-34-26-56(3)27-35-60)50-75(80)76-51-67(41-46-81(76)92)61-36-28-57(4)29-37-61/h5-52H,1-4H3. The van der Waals surface area contributed by atoms with Gasteiger partial charge in [-0.3, -0.25) is 0 Å². The first kappa shape index (κ1) is 55.3. The highest BCUT2D eigenvalue weighted by Gasteiger charge is 2.27. The Balaban J connectivity index is 1.04. The predicted molar refractivity (Wildman–Crippen MR) is 381 cm³/mol. The number of fused-ring (bicyclic) bond motifs is 6. The molecule has 16 rings (SSSR count). The van der Waals surface area contributed by atoms with Crippen molar-refractivity contribution in [1.29, 1.82) is 5.26 Å². The van der Waals surface area contributed by atoms with Gasteiger partial charge in [0.15, 0.2) is 17.5 Å². The molecule has 6 heteroatoms. The largest absolute Gasteiger partial charge is 0.309 e. The van der Waals surface area contributed by atoms with Crippen LogP contribution in [0.3, 0.4) is 0 Å². The second-order valence-electron chi connectivity index (χ2n) is 24.2. The summed E-state index contributed by atoms with van der Waals surface area (Å²) in [5.74, 6) is 1.61. The number of rotatable bonds is 11. The Morgan fingerprint density at radius 3 is 1.02 bits per heavy atom. The zero-order chi connectivity index (χ0) is 62.0. The molecule has 0 radical (unpaired) electrons. The number of nitrogens with zero attached hydrogens (tertiary/aromatic N) is 6. The highest BCUT2D eigenvalue weighted by Crippen LogP contribution is 2.47. The number of hydrogen-bond acceptors (Lipinski definition) is 4. The maximum Gasteiger partial charge on any atom is 0.166 e. The zero-order valence-electron chi connectivity index (χ0n) is 51.4. The van der Waals surface area contributed by atoms with Crippen LogP contribution < -0.4 is 0 Å². The van der Waals surface area contributed by atoms with Crippen molar-refractivity contribution in [2.24, 2.45) is 0 Å². The summed E-state index contributed by atoms with van der Waals surface area (Å²) in [6, 6.07) is 107. The lowest BCUT2D eigenvalue weighted by Crippen LogP contribution is -2.06. The van der Waals surface area contributed by atoms with Gasteiger partial charge in [-0.1, -0.05) is 241 Å². The van der Waals surface area contributed by atoms with Crippen LogP contribution in [0.4, 0.5) is 0 Å². The van der Waals surface area contributed by atoms with Crippen LogP contribution in [0.15, 0.2) is 291 Å². The molecule has 0 saturated carbocycles. The van der Waals surface area contributed by atoms with Crippen molar-refractivity contribution < 1.29 is 0 Å². The normalized spacial score (nSPS) is 11.5. The van der Waals surface area contributed by atoms with Gasteiger partial charge < -0.3 is 9.13 Å². The maximum absolute atomic E-state index is 10.8. The van der Waals surface area contributed by atoms with Crippen molar-refractivity contribution in [1.82, 2.24) is 24.1 Å². The lowest BCUT2D eigenvalue weighted by atomic mass is 9.91.